The van der Waals surface area contributed by atoms with Crippen molar-refractivity contribution < 1.29 is 19.4 Å². The van der Waals surface area contributed by atoms with E-state index in [-0.39, 0.29) is 24.2 Å². The molecule has 2 fully saturated rings. The van der Waals surface area contributed by atoms with Crippen LogP contribution in [0.25, 0.3) is 0 Å². The van der Waals surface area contributed by atoms with Crippen LogP contribution in [0.4, 0.5) is 0 Å². The fourth-order valence-electron chi connectivity index (χ4n) is 3.98. The van der Waals surface area contributed by atoms with Crippen molar-refractivity contribution in [3.63, 3.8) is 0 Å². The summed E-state index contributed by atoms with van der Waals surface area (Å²) < 4.78 is 12.1. The summed E-state index contributed by atoms with van der Waals surface area (Å²) in [7, 11) is 0. The molecule has 0 aromatic heterocycles. The van der Waals surface area contributed by atoms with Gasteiger partial charge in [-0.1, -0.05) is 60.7 Å². The van der Waals surface area contributed by atoms with Gasteiger partial charge >= 0.3 is 0 Å². The van der Waals surface area contributed by atoms with Gasteiger partial charge in [0.05, 0.1) is 31.9 Å². The van der Waals surface area contributed by atoms with E-state index in [4.69, 9.17) is 9.47 Å². The maximum absolute atomic E-state index is 12.4. The van der Waals surface area contributed by atoms with Gasteiger partial charge in [0.2, 0.25) is 5.91 Å². The summed E-state index contributed by atoms with van der Waals surface area (Å²) in [6.07, 6.45) is -0.217. The van der Waals surface area contributed by atoms with Gasteiger partial charge in [0.15, 0.2) is 0 Å². The summed E-state index contributed by atoms with van der Waals surface area (Å²) in [6.45, 7) is 1.32. The van der Waals surface area contributed by atoms with Gasteiger partial charge in [0.1, 0.15) is 12.2 Å². The quantitative estimate of drug-likeness (QED) is 0.852. The molecule has 2 aliphatic rings. The lowest BCUT2D eigenvalue weighted by molar-refractivity contribution is -0.145. The molecule has 1 N–H and O–H groups in total. The fourth-order valence-corrected chi connectivity index (χ4v) is 3.98. The Kier molecular flexibility index (Phi) is 5.53. The van der Waals surface area contributed by atoms with Gasteiger partial charge in [-0.3, -0.25) is 4.79 Å². The van der Waals surface area contributed by atoms with E-state index in [9.17, 15) is 9.90 Å². The van der Waals surface area contributed by atoms with E-state index in [0.29, 0.717) is 32.6 Å². The predicted octanol–water partition coefficient (Wildman–Crippen LogP) is 2.52. The average molecular weight is 367 g/mol. The number of ether oxygens (including phenoxy) is 2. The lowest BCUT2D eigenvalue weighted by atomic mass is 9.96. The summed E-state index contributed by atoms with van der Waals surface area (Å²) in [5, 5.41) is 10.8. The number of rotatable bonds is 6. The van der Waals surface area contributed by atoms with Gasteiger partial charge < -0.3 is 19.5 Å². The highest BCUT2D eigenvalue weighted by molar-refractivity contribution is 5.78. The molecule has 0 aliphatic carbocycles. The maximum Gasteiger partial charge on any atom is 0.223 e. The number of piperidine rings is 1. The van der Waals surface area contributed by atoms with Crippen molar-refractivity contribution in [2.45, 2.75) is 50.4 Å². The zero-order chi connectivity index (χ0) is 18.6. The van der Waals surface area contributed by atoms with Crippen LogP contribution in [0, 0.1) is 0 Å². The highest BCUT2D eigenvalue weighted by Gasteiger charge is 2.50. The molecule has 142 valence electrons. The summed E-state index contributed by atoms with van der Waals surface area (Å²) in [4.78, 5) is 14.1. The number of carbonyl (C=O) groups excluding carboxylic acids is 1. The molecule has 2 aliphatic heterocycles. The lowest BCUT2D eigenvalue weighted by Gasteiger charge is -2.37. The molecule has 0 spiro atoms. The fraction of sp³-hybridized carbons (Fsp3) is 0.409. The van der Waals surface area contributed by atoms with Gasteiger partial charge in [0, 0.05) is 6.42 Å². The Hall–Kier alpha value is -2.21. The smallest absolute Gasteiger partial charge is 0.223 e. The van der Waals surface area contributed by atoms with Crippen LogP contribution in [0.1, 0.15) is 24.0 Å². The van der Waals surface area contributed by atoms with E-state index in [1.165, 1.54) is 0 Å². The Balaban J connectivity index is 1.40. The van der Waals surface area contributed by atoms with Crippen LogP contribution in [0.15, 0.2) is 60.7 Å². The van der Waals surface area contributed by atoms with E-state index in [0.717, 1.165) is 11.1 Å². The molecule has 0 unspecified atom stereocenters. The largest absolute Gasteiger partial charge is 0.388 e. The third-order valence-corrected chi connectivity index (χ3v) is 5.43. The predicted molar refractivity (Wildman–Crippen MR) is 101 cm³/mol. The van der Waals surface area contributed by atoms with Gasteiger partial charge in [-0.25, -0.2) is 0 Å². The van der Waals surface area contributed by atoms with Crippen molar-refractivity contribution in [1.82, 2.24) is 4.90 Å². The molecule has 2 aromatic rings. The van der Waals surface area contributed by atoms with Crippen molar-refractivity contribution in [2.24, 2.45) is 0 Å². The number of carbonyl (C=O) groups is 1. The summed E-state index contributed by atoms with van der Waals surface area (Å²) >= 11 is 0. The molecule has 2 saturated heterocycles. The van der Waals surface area contributed by atoms with Crippen molar-refractivity contribution in [3.8, 4) is 0 Å². The monoisotopic (exact) mass is 367 g/mol. The number of aliphatic hydroxyl groups is 1. The minimum absolute atomic E-state index is 0.0735. The summed E-state index contributed by atoms with van der Waals surface area (Å²) in [5.74, 6) is 0.0735. The number of benzene rings is 2. The zero-order valence-electron chi connectivity index (χ0n) is 15.2. The molecule has 2 aromatic carbocycles. The highest BCUT2D eigenvalue weighted by atomic mass is 16.5. The first-order valence-electron chi connectivity index (χ1n) is 9.51. The van der Waals surface area contributed by atoms with E-state index in [1.807, 2.05) is 60.7 Å². The van der Waals surface area contributed by atoms with Gasteiger partial charge in [-0.05, 0) is 17.5 Å². The van der Waals surface area contributed by atoms with Gasteiger partial charge in [-0.2, -0.15) is 0 Å². The number of fused-ring (bicyclic) bond motifs is 1. The third kappa shape index (κ3) is 4.05. The topological polar surface area (TPSA) is 59.0 Å². The number of amides is 1. The maximum atomic E-state index is 12.4. The minimum Gasteiger partial charge on any atom is -0.388 e. The van der Waals surface area contributed by atoms with E-state index in [1.54, 1.807) is 4.90 Å². The second-order valence-electron chi connectivity index (χ2n) is 7.24. The number of hydrogen-bond donors (Lipinski definition) is 1. The van der Waals surface area contributed by atoms with E-state index < -0.39 is 6.10 Å². The molecule has 5 heteroatoms. The van der Waals surface area contributed by atoms with Crippen LogP contribution in [-0.2, 0) is 27.5 Å². The highest BCUT2D eigenvalue weighted by Crippen LogP contribution is 2.32. The molecule has 0 bridgehead atoms. The average Bonchev–Trinajstić information content (AvgIpc) is 3.05. The molecule has 5 nitrogen and oxygen atoms in total. The lowest BCUT2D eigenvalue weighted by Crippen LogP contribution is -2.52. The van der Waals surface area contributed by atoms with Gasteiger partial charge in [0.25, 0.3) is 0 Å². The molecule has 4 rings (SSSR count). The van der Waals surface area contributed by atoms with Gasteiger partial charge in [-0.15, -0.1) is 0 Å². The van der Waals surface area contributed by atoms with Crippen LogP contribution in [-0.4, -0.2) is 46.8 Å². The summed E-state index contributed by atoms with van der Waals surface area (Å²) in [5.41, 5.74) is 2.14. The van der Waals surface area contributed by atoms with Crippen molar-refractivity contribution in [1.29, 1.82) is 0 Å². The number of hydrogen-bond acceptors (Lipinski definition) is 4. The van der Waals surface area contributed by atoms with Crippen LogP contribution in [0.2, 0.25) is 0 Å². The zero-order valence-corrected chi connectivity index (χ0v) is 15.2. The molecule has 4 atom stereocenters. The Labute approximate surface area is 159 Å². The van der Waals surface area contributed by atoms with Crippen LogP contribution in [0.5, 0.6) is 0 Å². The van der Waals surface area contributed by atoms with E-state index >= 15 is 0 Å². The van der Waals surface area contributed by atoms with Crippen LogP contribution >= 0.6 is 0 Å². The first kappa shape index (κ1) is 18.2. The normalized spacial score (nSPS) is 27.6. The van der Waals surface area contributed by atoms with Crippen molar-refractivity contribution >= 4 is 5.91 Å². The standard InChI is InChI=1S/C22H25NO4/c24-20-12-11-18(26-14-16-7-3-1-4-8-16)21-22(25)19(13-23(20)21)27-15-17-9-5-2-6-10-17/h1-10,18-19,21-22,25H,11-15H2/t18-,19-,21-,22-/m1/s1. The number of aliphatic hydroxyl groups excluding tert-OH is 1. The molecule has 2 heterocycles. The second kappa shape index (κ2) is 8.21. The van der Waals surface area contributed by atoms with Crippen molar-refractivity contribution in [3.05, 3.63) is 71.8 Å². The molecule has 27 heavy (non-hydrogen) atoms. The second-order valence-corrected chi connectivity index (χ2v) is 7.24. The molecule has 0 saturated carbocycles. The molecule has 0 radical (unpaired) electrons. The molecular formula is C22H25NO4. The Morgan fingerprint density at radius 1 is 0.889 bits per heavy atom. The minimum atomic E-state index is -0.737. The van der Waals surface area contributed by atoms with Crippen molar-refractivity contribution in [2.75, 3.05) is 6.54 Å². The SMILES string of the molecule is O=C1CC[C@@H](OCc2ccccc2)[C@@H]2[C@H](O)[C@H](OCc3ccccc3)CN12. The summed E-state index contributed by atoms with van der Waals surface area (Å²) in [6, 6.07) is 19.5. The van der Waals surface area contributed by atoms with Crippen LogP contribution in [0.3, 0.4) is 0 Å². The first-order valence-corrected chi connectivity index (χ1v) is 9.51. The molecule has 1 amide bonds. The molecular weight excluding hydrogens is 342 g/mol. The van der Waals surface area contributed by atoms with Crippen LogP contribution < -0.4 is 0 Å². The first-order chi connectivity index (χ1) is 13.2. The number of nitrogens with zero attached hydrogens (tertiary/aromatic N) is 1. The Bertz CT molecular complexity index is 751. The Morgan fingerprint density at radius 3 is 2.04 bits per heavy atom. The Morgan fingerprint density at radius 2 is 1.44 bits per heavy atom. The van der Waals surface area contributed by atoms with E-state index in [2.05, 4.69) is 0 Å². The third-order valence-electron chi connectivity index (χ3n) is 5.43.